The predicted octanol–water partition coefficient (Wildman–Crippen LogP) is 6.82. The molecule has 1 saturated heterocycles. The number of hydrogen-bond acceptors (Lipinski definition) is 5. The normalized spacial score (nSPS) is 50.4. The number of esters is 2. The summed E-state index contributed by atoms with van der Waals surface area (Å²) in [5.41, 5.74) is 1.14. The topological polar surface area (TPSA) is 72.8 Å². The van der Waals surface area contributed by atoms with Crippen molar-refractivity contribution in [3.63, 3.8) is 0 Å². The highest BCUT2D eigenvalue weighted by molar-refractivity contribution is 5.80. The maximum absolute atomic E-state index is 13.3. The van der Waals surface area contributed by atoms with Crippen molar-refractivity contribution in [1.29, 1.82) is 0 Å². The molecule has 0 aromatic rings. The molecule has 0 aromatic carbocycles. The fourth-order valence-corrected chi connectivity index (χ4v) is 11.2. The molecule has 208 valence electrons. The molecule has 4 aliphatic carbocycles. The average molecular weight is 515 g/mol. The summed E-state index contributed by atoms with van der Waals surface area (Å²) in [6.07, 6.45) is 10.3. The third-order valence-corrected chi connectivity index (χ3v) is 13.0. The molecule has 5 fully saturated rings. The van der Waals surface area contributed by atoms with Crippen molar-refractivity contribution in [3.05, 3.63) is 11.6 Å². The van der Waals surface area contributed by atoms with Gasteiger partial charge in [0.05, 0.1) is 5.41 Å². The summed E-state index contributed by atoms with van der Waals surface area (Å²) in [7, 11) is 0. The van der Waals surface area contributed by atoms with Crippen LogP contribution < -0.4 is 0 Å². The monoisotopic (exact) mass is 514 g/mol. The molecule has 5 heteroatoms. The van der Waals surface area contributed by atoms with Gasteiger partial charge in [0.2, 0.25) is 6.29 Å². The second-order valence-corrected chi connectivity index (χ2v) is 15.1. The Bertz CT molecular complexity index is 995. The zero-order valence-electron chi connectivity index (χ0n) is 24.5. The zero-order chi connectivity index (χ0) is 27.2. The number of ether oxygens (including phenoxy) is 2. The molecular formula is C32H50O5. The van der Waals surface area contributed by atoms with E-state index in [0.717, 1.165) is 38.5 Å². The molecule has 5 aliphatic rings. The van der Waals surface area contributed by atoms with Crippen LogP contribution in [-0.4, -0.2) is 29.4 Å². The standard InChI is InChI=1S/C32H50O5/c1-19(2)17-22-21-9-10-24-29(6)13-12-25(36-20(3)33)28(4,5)23(29)11-14-31(24,8)30(21,7)15-16-32(22)18-26(34)37-27(32)35/h17,21-26,34H,9-16,18H2,1-8H3/t21-,22-,23+,24-,25-,26-,29+,30-,31-,32-/m1/s1. The number of cyclic esters (lactones) is 1. The number of rotatable bonds is 2. The van der Waals surface area contributed by atoms with Gasteiger partial charge in [0, 0.05) is 18.8 Å². The van der Waals surface area contributed by atoms with Gasteiger partial charge in [-0.15, -0.1) is 0 Å². The lowest BCUT2D eigenvalue weighted by molar-refractivity contribution is -0.246. The van der Waals surface area contributed by atoms with Crippen LogP contribution in [0.1, 0.15) is 113 Å². The van der Waals surface area contributed by atoms with E-state index in [-0.39, 0.29) is 45.6 Å². The fourth-order valence-electron chi connectivity index (χ4n) is 11.2. The van der Waals surface area contributed by atoms with Crippen molar-refractivity contribution in [2.24, 2.45) is 50.7 Å². The van der Waals surface area contributed by atoms with E-state index in [1.807, 2.05) is 0 Å². The van der Waals surface area contributed by atoms with Gasteiger partial charge < -0.3 is 14.6 Å². The summed E-state index contributed by atoms with van der Waals surface area (Å²) in [6.45, 7) is 18.2. The van der Waals surface area contributed by atoms with E-state index < -0.39 is 11.7 Å². The number of hydrogen-bond donors (Lipinski definition) is 1. The molecule has 0 radical (unpaired) electrons. The quantitative estimate of drug-likeness (QED) is 0.323. The highest BCUT2D eigenvalue weighted by atomic mass is 16.6. The molecule has 5 rings (SSSR count). The molecule has 0 aromatic heterocycles. The van der Waals surface area contributed by atoms with Crippen LogP contribution in [0.25, 0.3) is 0 Å². The van der Waals surface area contributed by atoms with Crippen LogP contribution in [0.5, 0.6) is 0 Å². The van der Waals surface area contributed by atoms with E-state index in [1.54, 1.807) is 6.92 Å². The fraction of sp³-hybridized carbons (Fsp3) is 0.875. The third kappa shape index (κ3) is 3.64. The van der Waals surface area contributed by atoms with E-state index in [9.17, 15) is 14.7 Å². The van der Waals surface area contributed by atoms with Gasteiger partial charge in [-0.3, -0.25) is 9.59 Å². The Morgan fingerprint density at radius 3 is 2.22 bits per heavy atom. The predicted molar refractivity (Wildman–Crippen MR) is 143 cm³/mol. The Morgan fingerprint density at radius 1 is 0.919 bits per heavy atom. The third-order valence-electron chi connectivity index (χ3n) is 13.0. The lowest BCUT2D eigenvalue weighted by Gasteiger charge is -2.72. The van der Waals surface area contributed by atoms with Gasteiger partial charge in [0.15, 0.2) is 0 Å². The van der Waals surface area contributed by atoms with Crippen molar-refractivity contribution in [3.8, 4) is 0 Å². The first-order valence-corrected chi connectivity index (χ1v) is 14.8. The number of carbonyl (C=O) groups excluding carboxylic acids is 2. The molecule has 4 saturated carbocycles. The summed E-state index contributed by atoms with van der Waals surface area (Å²) < 4.78 is 11.3. The van der Waals surface area contributed by atoms with E-state index in [4.69, 9.17) is 9.47 Å². The van der Waals surface area contributed by atoms with Gasteiger partial charge in [0.1, 0.15) is 6.10 Å². The molecule has 1 N–H and O–H groups in total. The van der Waals surface area contributed by atoms with Crippen molar-refractivity contribution >= 4 is 11.9 Å². The number of aliphatic hydroxyl groups is 1. The summed E-state index contributed by atoms with van der Waals surface area (Å²) in [6, 6.07) is 0. The average Bonchev–Trinajstić information content (AvgIpc) is 3.06. The molecule has 5 nitrogen and oxygen atoms in total. The van der Waals surface area contributed by atoms with Crippen LogP contribution in [0.15, 0.2) is 11.6 Å². The van der Waals surface area contributed by atoms with Gasteiger partial charge in [-0.2, -0.15) is 0 Å². The lowest BCUT2D eigenvalue weighted by atomic mass is 9.32. The molecule has 0 bridgehead atoms. The van der Waals surface area contributed by atoms with E-state index >= 15 is 0 Å². The number of fused-ring (bicyclic) bond motifs is 5. The second-order valence-electron chi connectivity index (χ2n) is 15.1. The summed E-state index contributed by atoms with van der Waals surface area (Å²) in [5.74, 6) is 1.31. The molecular weight excluding hydrogens is 464 g/mol. The van der Waals surface area contributed by atoms with E-state index in [2.05, 4.69) is 54.5 Å². The Kier molecular flexibility index (Phi) is 6.30. The Labute approximate surface area is 224 Å². The van der Waals surface area contributed by atoms with Crippen LogP contribution in [0.2, 0.25) is 0 Å². The Morgan fingerprint density at radius 2 is 1.62 bits per heavy atom. The molecule has 37 heavy (non-hydrogen) atoms. The zero-order valence-corrected chi connectivity index (χ0v) is 24.5. The minimum atomic E-state index is -0.971. The number of allylic oxidation sites excluding steroid dienone is 2. The van der Waals surface area contributed by atoms with Crippen molar-refractivity contribution in [1.82, 2.24) is 0 Å². The van der Waals surface area contributed by atoms with Gasteiger partial charge in [0.25, 0.3) is 0 Å². The highest BCUT2D eigenvalue weighted by Gasteiger charge is 2.71. The smallest absolute Gasteiger partial charge is 0.315 e. The maximum atomic E-state index is 13.3. The number of carbonyl (C=O) groups is 2. The van der Waals surface area contributed by atoms with Gasteiger partial charge >= 0.3 is 11.9 Å². The van der Waals surface area contributed by atoms with Crippen molar-refractivity contribution < 1.29 is 24.2 Å². The van der Waals surface area contributed by atoms with Crippen LogP contribution >= 0.6 is 0 Å². The first kappa shape index (κ1) is 27.2. The van der Waals surface area contributed by atoms with Crippen LogP contribution in [0.3, 0.4) is 0 Å². The van der Waals surface area contributed by atoms with E-state index in [0.29, 0.717) is 24.2 Å². The summed E-state index contributed by atoms with van der Waals surface area (Å²) in [5, 5.41) is 10.4. The van der Waals surface area contributed by atoms with Crippen molar-refractivity contribution in [2.75, 3.05) is 0 Å². The Balaban J connectivity index is 1.52. The first-order valence-electron chi connectivity index (χ1n) is 14.8. The molecule has 1 heterocycles. The van der Waals surface area contributed by atoms with Gasteiger partial charge in [-0.05, 0) is 105 Å². The number of aliphatic hydroxyl groups excluding tert-OH is 1. The lowest BCUT2D eigenvalue weighted by Crippen LogP contribution is -2.67. The molecule has 1 aliphatic heterocycles. The largest absolute Gasteiger partial charge is 0.462 e. The van der Waals surface area contributed by atoms with Gasteiger partial charge in [-0.25, -0.2) is 0 Å². The van der Waals surface area contributed by atoms with E-state index in [1.165, 1.54) is 18.4 Å². The first-order chi connectivity index (χ1) is 17.1. The maximum Gasteiger partial charge on any atom is 0.315 e. The molecule has 0 amide bonds. The summed E-state index contributed by atoms with van der Waals surface area (Å²) in [4.78, 5) is 25.2. The SMILES string of the molecule is CC(=O)O[C@@H]1CC[C@]2(C)[C@H]3CC[C@@H]4[C@@H](C=C(C)C)[C@@]5(CC[C@@]4(C)[C@]3(C)CC[C@H]2C1(C)C)C[C@H](O)OC5=O. The highest BCUT2D eigenvalue weighted by Crippen LogP contribution is 2.76. The van der Waals surface area contributed by atoms with Crippen LogP contribution in [0, 0.1) is 50.7 Å². The minimum absolute atomic E-state index is 0.00394. The molecule has 10 atom stereocenters. The van der Waals surface area contributed by atoms with Crippen LogP contribution in [0.4, 0.5) is 0 Å². The molecule has 0 unspecified atom stereocenters. The van der Waals surface area contributed by atoms with Crippen LogP contribution in [-0.2, 0) is 19.1 Å². The van der Waals surface area contributed by atoms with Crippen molar-refractivity contribution in [2.45, 2.75) is 126 Å². The second kappa shape index (κ2) is 8.57. The minimum Gasteiger partial charge on any atom is -0.462 e. The van der Waals surface area contributed by atoms with Gasteiger partial charge in [-0.1, -0.05) is 46.3 Å². The Hall–Kier alpha value is -1.36. The summed E-state index contributed by atoms with van der Waals surface area (Å²) >= 11 is 0. The molecule has 1 spiro atoms.